The monoisotopic (exact) mass is 209 g/mol. The molecule has 14 heavy (non-hydrogen) atoms. The highest BCUT2D eigenvalue weighted by atomic mass is 32.2. The van der Waals surface area contributed by atoms with Gasteiger partial charge in [-0.15, -0.1) is 0 Å². The van der Waals surface area contributed by atoms with E-state index < -0.39 is 15.7 Å². The summed E-state index contributed by atoms with van der Waals surface area (Å²) in [4.78, 5) is 0.0764. The van der Waals surface area contributed by atoms with Gasteiger partial charge in [0.15, 0.2) is 15.7 Å². The summed E-state index contributed by atoms with van der Waals surface area (Å²) in [5.41, 5.74) is 6.87. The Kier molecular flexibility index (Phi) is 2.94. The molecule has 1 N–H and O–H groups in total. The van der Waals surface area contributed by atoms with E-state index in [4.69, 9.17) is 10.8 Å². The van der Waals surface area contributed by atoms with Crippen LogP contribution in [0.15, 0.2) is 34.3 Å². The maximum absolute atomic E-state index is 11.3. The molecule has 0 unspecified atom stereocenters. The van der Waals surface area contributed by atoms with Crippen LogP contribution in [0.4, 0.5) is 0 Å². The van der Waals surface area contributed by atoms with Gasteiger partial charge in [0.2, 0.25) is 0 Å². The largest absolute Gasteiger partial charge is 0.222 e. The highest BCUT2D eigenvalue weighted by Crippen LogP contribution is 2.11. The van der Waals surface area contributed by atoms with Crippen molar-refractivity contribution in [3.8, 4) is 6.07 Å². The summed E-state index contributed by atoms with van der Waals surface area (Å²) in [6.07, 6.45) is 0. The van der Waals surface area contributed by atoms with Crippen LogP contribution in [0, 0.1) is 16.9 Å². The van der Waals surface area contributed by atoms with Crippen molar-refractivity contribution in [2.45, 2.75) is 4.90 Å². The average molecular weight is 209 g/mol. The van der Waals surface area contributed by atoms with E-state index in [2.05, 4.69) is 5.11 Å². The number of sulfone groups is 1. The van der Waals surface area contributed by atoms with Crippen LogP contribution in [0.25, 0.3) is 0 Å². The third kappa shape index (κ3) is 2.14. The van der Waals surface area contributed by atoms with Gasteiger partial charge < -0.3 is 0 Å². The molecule has 0 fully saturated rings. The first-order valence-corrected chi connectivity index (χ1v) is 5.31. The fraction of sp³-hybridized carbons (Fsp3) is 0.125. The van der Waals surface area contributed by atoms with Crippen LogP contribution >= 0.6 is 0 Å². The van der Waals surface area contributed by atoms with Crippen molar-refractivity contribution in [2.24, 2.45) is 5.11 Å². The summed E-state index contributed by atoms with van der Waals surface area (Å²) in [5, 5.41) is 11.3. The van der Waals surface area contributed by atoms with Gasteiger partial charge in [0.1, 0.15) is 0 Å². The normalized spacial score (nSPS) is 10.5. The molecule has 0 radical (unpaired) electrons. The molecule has 1 aromatic carbocycles. The van der Waals surface area contributed by atoms with E-state index in [0.29, 0.717) is 5.56 Å². The summed E-state index contributed by atoms with van der Waals surface area (Å²) in [6.45, 7) is 0. The van der Waals surface area contributed by atoms with Crippen molar-refractivity contribution < 1.29 is 8.42 Å². The lowest BCUT2D eigenvalue weighted by Gasteiger charge is -1.99. The Morgan fingerprint density at radius 1 is 1.36 bits per heavy atom. The lowest BCUT2D eigenvalue weighted by molar-refractivity contribution is 0.595. The second-order valence-electron chi connectivity index (χ2n) is 2.54. The summed E-state index contributed by atoms with van der Waals surface area (Å²) < 4.78 is 22.7. The minimum Gasteiger partial charge on any atom is -0.222 e. The van der Waals surface area contributed by atoms with Gasteiger partial charge in [0.25, 0.3) is 0 Å². The van der Waals surface area contributed by atoms with Crippen LogP contribution in [0.5, 0.6) is 0 Å². The minimum atomic E-state index is -3.50. The van der Waals surface area contributed by atoms with Crippen LogP contribution in [0.3, 0.4) is 0 Å². The van der Waals surface area contributed by atoms with Crippen molar-refractivity contribution in [3.63, 3.8) is 0 Å². The number of nitrogens with one attached hydrogen (secondary N) is 1. The number of nitriles is 1. The zero-order valence-corrected chi connectivity index (χ0v) is 7.95. The van der Waals surface area contributed by atoms with Crippen LogP contribution in [-0.4, -0.2) is 14.3 Å². The molecule has 0 aromatic heterocycles. The van der Waals surface area contributed by atoms with E-state index in [1.165, 1.54) is 24.3 Å². The smallest absolute Gasteiger partial charge is 0.200 e. The molecule has 6 heteroatoms. The van der Waals surface area contributed by atoms with Crippen LogP contribution in [-0.2, 0) is 9.84 Å². The van der Waals surface area contributed by atoms with Gasteiger partial charge in [-0.2, -0.15) is 10.4 Å². The van der Waals surface area contributed by atoms with E-state index >= 15 is 0 Å². The summed E-state index contributed by atoms with van der Waals surface area (Å²) in [6, 6.07) is 7.37. The lowest BCUT2D eigenvalue weighted by atomic mass is 10.2. The summed E-state index contributed by atoms with van der Waals surface area (Å²) >= 11 is 0. The predicted octanol–water partition coefficient (Wildman–Crippen LogP) is 1.32. The highest BCUT2D eigenvalue weighted by molar-refractivity contribution is 7.91. The van der Waals surface area contributed by atoms with Crippen molar-refractivity contribution in [1.82, 2.24) is 0 Å². The first-order chi connectivity index (χ1) is 6.60. The molecular formula is C8H7N3O2S. The molecule has 0 spiro atoms. The fourth-order valence-corrected chi connectivity index (χ4v) is 1.77. The SMILES string of the molecule is N#Cc1ccc(S(=O)(=O)CN=N)cc1. The molecule has 0 saturated carbocycles. The highest BCUT2D eigenvalue weighted by Gasteiger charge is 2.12. The zero-order chi connectivity index (χ0) is 10.6. The van der Waals surface area contributed by atoms with Gasteiger partial charge in [-0.1, -0.05) is 0 Å². The minimum absolute atomic E-state index is 0.0764. The maximum atomic E-state index is 11.3. The number of rotatable bonds is 3. The molecule has 0 aliphatic carbocycles. The van der Waals surface area contributed by atoms with E-state index in [-0.39, 0.29) is 4.90 Å². The molecule has 0 bridgehead atoms. The Balaban J connectivity index is 3.11. The maximum Gasteiger partial charge on any atom is 0.200 e. The van der Waals surface area contributed by atoms with Crippen molar-refractivity contribution in [1.29, 1.82) is 10.8 Å². The van der Waals surface area contributed by atoms with E-state index in [0.717, 1.165) is 0 Å². The summed E-state index contributed by atoms with van der Waals surface area (Å²) in [5.74, 6) is -0.557. The van der Waals surface area contributed by atoms with Crippen molar-refractivity contribution in [3.05, 3.63) is 29.8 Å². The van der Waals surface area contributed by atoms with Crippen molar-refractivity contribution in [2.75, 3.05) is 5.88 Å². The third-order valence-electron chi connectivity index (χ3n) is 1.58. The number of hydrogen-bond donors (Lipinski definition) is 1. The number of hydrogen-bond acceptors (Lipinski definition) is 5. The molecule has 0 aliphatic heterocycles. The van der Waals surface area contributed by atoms with Crippen LogP contribution in [0.1, 0.15) is 5.56 Å². The quantitative estimate of drug-likeness (QED) is 0.760. The second kappa shape index (κ2) is 3.98. The first-order valence-electron chi connectivity index (χ1n) is 3.66. The third-order valence-corrected chi connectivity index (χ3v) is 3.04. The Bertz CT molecular complexity index is 470. The zero-order valence-electron chi connectivity index (χ0n) is 7.14. The molecule has 0 heterocycles. The van der Waals surface area contributed by atoms with Gasteiger partial charge in [-0.05, 0) is 24.3 Å². The van der Waals surface area contributed by atoms with Gasteiger partial charge in [0, 0.05) is 0 Å². The van der Waals surface area contributed by atoms with Gasteiger partial charge in [0.05, 0.1) is 16.5 Å². The molecule has 72 valence electrons. The molecule has 0 saturated heterocycles. The molecule has 0 amide bonds. The van der Waals surface area contributed by atoms with E-state index in [1.807, 2.05) is 6.07 Å². The van der Waals surface area contributed by atoms with E-state index in [9.17, 15) is 8.42 Å². The Morgan fingerprint density at radius 3 is 2.36 bits per heavy atom. The van der Waals surface area contributed by atoms with Crippen molar-refractivity contribution >= 4 is 9.84 Å². The molecule has 0 atom stereocenters. The molecule has 1 rings (SSSR count). The Morgan fingerprint density at radius 2 is 1.93 bits per heavy atom. The summed E-state index contributed by atoms with van der Waals surface area (Å²) in [7, 11) is -3.50. The van der Waals surface area contributed by atoms with E-state index in [1.54, 1.807) is 0 Å². The van der Waals surface area contributed by atoms with Gasteiger partial charge in [-0.25, -0.2) is 13.9 Å². The Labute approximate surface area is 81.4 Å². The molecule has 1 aromatic rings. The predicted molar refractivity (Wildman–Crippen MR) is 48.4 cm³/mol. The first kappa shape index (κ1) is 10.3. The molecule has 5 nitrogen and oxygen atoms in total. The molecule has 0 aliphatic rings. The standard InChI is InChI=1S/C8H7N3O2S/c9-5-7-1-3-8(4-2-7)14(12,13)6-11-10/h1-4,10H,6H2. The fourth-order valence-electron chi connectivity index (χ4n) is 0.896. The van der Waals surface area contributed by atoms with Crippen LogP contribution in [0.2, 0.25) is 0 Å². The number of nitrogens with zero attached hydrogens (tertiary/aromatic N) is 2. The Hall–Kier alpha value is -1.74. The number of benzene rings is 1. The van der Waals surface area contributed by atoms with Gasteiger partial charge >= 0.3 is 0 Å². The molecular weight excluding hydrogens is 202 g/mol. The van der Waals surface area contributed by atoms with Gasteiger partial charge in [-0.3, -0.25) is 0 Å². The lowest BCUT2D eigenvalue weighted by Crippen LogP contribution is -2.03. The second-order valence-corrected chi connectivity index (χ2v) is 4.50. The van der Waals surface area contributed by atoms with Crippen LogP contribution < -0.4 is 0 Å². The topological polar surface area (TPSA) is 94.1 Å². The average Bonchev–Trinajstić information content (AvgIpc) is 2.18.